The fraction of sp³-hybridized carbons (Fsp3) is 0.545. The lowest BCUT2D eigenvalue weighted by Gasteiger charge is -2.32. The van der Waals surface area contributed by atoms with E-state index in [2.05, 4.69) is 4.98 Å². The molecule has 0 spiro atoms. The molecule has 3 rings (SSSR count). The lowest BCUT2D eigenvalue weighted by molar-refractivity contribution is -0.151. The van der Waals surface area contributed by atoms with Crippen LogP contribution in [0.1, 0.15) is 48.6 Å². The number of aromatic nitrogens is 1. The van der Waals surface area contributed by atoms with Gasteiger partial charge in [-0.15, -0.1) is 11.3 Å². The van der Waals surface area contributed by atoms with Crippen LogP contribution in [0.25, 0.3) is 10.4 Å². The number of nitrogens with one attached hydrogen (secondary N) is 1. The van der Waals surface area contributed by atoms with Gasteiger partial charge in [0.2, 0.25) is 15.0 Å². The molecule has 1 aliphatic rings. The molecule has 0 saturated carbocycles. The van der Waals surface area contributed by atoms with Gasteiger partial charge in [0.15, 0.2) is 0 Å². The zero-order valence-corrected chi connectivity index (χ0v) is 23.3. The van der Waals surface area contributed by atoms with E-state index in [-0.39, 0.29) is 52.2 Å². The molecule has 0 unspecified atom stereocenters. The second kappa shape index (κ2) is 11.9. The monoisotopic (exact) mass is 623 g/mol. The van der Waals surface area contributed by atoms with Gasteiger partial charge in [-0.2, -0.15) is 17.9 Å². The third-order valence-electron chi connectivity index (χ3n) is 5.67. The molecule has 16 heteroatoms. The van der Waals surface area contributed by atoms with Gasteiger partial charge in [0.1, 0.15) is 10.9 Å². The molecule has 0 amide bonds. The molecular formula is C22H24Cl2F5N3O4S2. The number of rotatable bonds is 9. The fourth-order valence-electron chi connectivity index (χ4n) is 3.89. The summed E-state index contributed by atoms with van der Waals surface area (Å²) < 4.78 is 99.4. The Bertz CT molecular complexity index is 1290. The molecule has 0 radical (unpaired) electrons. The van der Waals surface area contributed by atoms with Crippen LogP contribution in [0.2, 0.25) is 10.0 Å². The average molecular weight is 624 g/mol. The number of benzene rings is 1. The highest BCUT2D eigenvalue weighted by Gasteiger charge is 2.41. The van der Waals surface area contributed by atoms with Gasteiger partial charge in [-0.25, -0.2) is 27.0 Å². The van der Waals surface area contributed by atoms with E-state index in [9.17, 15) is 35.2 Å². The van der Waals surface area contributed by atoms with E-state index in [0.717, 1.165) is 17.4 Å². The minimum Gasteiger partial charge on any atom is -0.461 e. The van der Waals surface area contributed by atoms with Crippen molar-refractivity contribution in [2.75, 3.05) is 19.7 Å². The lowest BCUT2D eigenvalue weighted by Crippen LogP contribution is -2.44. The summed E-state index contributed by atoms with van der Waals surface area (Å²) in [5.74, 6) is -3.65. The van der Waals surface area contributed by atoms with Crippen molar-refractivity contribution >= 4 is 50.5 Å². The first-order valence-electron chi connectivity index (χ1n) is 11.4. The van der Waals surface area contributed by atoms with Gasteiger partial charge in [0, 0.05) is 18.5 Å². The first-order valence-corrected chi connectivity index (χ1v) is 14.5. The van der Waals surface area contributed by atoms with E-state index in [1.165, 1.54) is 17.9 Å². The molecule has 1 aliphatic heterocycles. The molecular weight excluding hydrogens is 600 g/mol. The van der Waals surface area contributed by atoms with Gasteiger partial charge < -0.3 is 4.74 Å². The van der Waals surface area contributed by atoms with Crippen LogP contribution in [-0.4, -0.2) is 62.1 Å². The number of esters is 1. The van der Waals surface area contributed by atoms with Crippen molar-refractivity contribution < 1.29 is 39.9 Å². The molecule has 0 aliphatic carbocycles. The standard InChI is InChI=1S/C22H24Cl2F5N3O4S2/c1-3-15(22(27,28)29)31-38(34,35)14-7-6-12(16(23)17(14)24)18-13(30-19(37-18)20(33)36-4-2)10-32-9-5-8-21(25,26)11-32/h6-7,15,31H,3-5,8-11H2,1-2H3/t15-/m0/s1. The summed E-state index contributed by atoms with van der Waals surface area (Å²) in [5.41, 5.74) is 0.343. The first kappa shape index (κ1) is 31.0. The Labute approximate surface area is 230 Å². The van der Waals surface area contributed by atoms with Gasteiger partial charge in [0.25, 0.3) is 5.92 Å². The Balaban J connectivity index is 2.03. The highest BCUT2D eigenvalue weighted by molar-refractivity contribution is 7.89. The summed E-state index contributed by atoms with van der Waals surface area (Å²) in [4.78, 5) is 17.7. The number of halogens is 7. The molecule has 2 heterocycles. The number of carbonyl (C=O) groups is 1. The SMILES string of the molecule is CCOC(=O)c1nc(CN2CCCC(F)(F)C2)c(-c2ccc(S(=O)(=O)N[C@@H](CC)C(F)(F)F)c(Cl)c2Cl)s1. The molecule has 38 heavy (non-hydrogen) atoms. The van der Waals surface area contributed by atoms with Crippen molar-refractivity contribution in [3.8, 4) is 10.4 Å². The molecule has 1 N–H and O–H groups in total. The van der Waals surface area contributed by atoms with Crippen molar-refractivity contribution in [3.63, 3.8) is 0 Å². The van der Waals surface area contributed by atoms with Gasteiger partial charge in [-0.05, 0) is 32.4 Å². The third kappa shape index (κ3) is 7.13. The van der Waals surface area contributed by atoms with Crippen molar-refractivity contribution in [2.45, 2.75) is 62.7 Å². The predicted octanol–water partition coefficient (Wildman–Crippen LogP) is 6.14. The largest absolute Gasteiger partial charge is 0.461 e. The number of thiazole rings is 1. The number of hydrogen-bond donors (Lipinski definition) is 1. The summed E-state index contributed by atoms with van der Waals surface area (Å²) in [6.45, 7) is 2.59. The smallest absolute Gasteiger partial charge is 0.404 e. The minimum absolute atomic E-state index is 0.0598. The van der Waals surface area contributed by atoms with Crippen LogP contribution in [0.4, 0.5) is 22.0 Å². The van der Waals surface area contributed by atoms with Gasteiger partial charge in [-0.3, -0.25) is 4.90 Å². The zero-order chi connectivity index (χ0) is 28.5. The fourth-order valence-corrected chi connectivity index (χ4v) is 7.12. The molecule has 7 nitrogen and oxygen atoms in total. The maximum Gasteiger partial charge on any atom is 0.404 e. The van der Waals surface area contributed by atoms with Gasteiger partial charge >= 0.3 is 12.1 Å². The first-order chi connectivity index (χ1) is 17.6. The molecule has 1 fully saturated rings. The average Bonchev–Trinajstić information content (AvgIpc) is 3.21. The second-order valence-electron chi connectivity index (χ2n) is 8.55. The number of alkyl halides is 5. The van der Waals surface area contributed by atoms with Crippen LogP contribution in [-0.2, 0) is 21.3 Å². The highest BCUT2D eigenvalue weighted by atomic mass is 35.5. The van der Waals surface area contributed by atoms with Crippen LogP contribution >= 0.6 is 34.5 Å². The lowest BCUT2D eigenvalue weighted by atomic mass is 10.1. The number of likely N-dealkylation sites (tertiary alicyclic amines) is 1. The zero-order valence-electron chi connectivity index (χ0n) is 20.2. The minimum atomic E-state index is -4.83. The summed E-state index contributed by atoms with van der Waals surface area (Å²) in [6.07, 6.45) is -5.38. The van der Waals surface area contributed by atoms with E-state index < -0.39 is 57.0 Å². The number of nitrogens with zero attached hydrogens (tertiary/aromatic N) is 2. The van der Waals surface area contributed by atoms with Crippen LogP contribution in [0.5, 0.6) is 0 Å². The number of carbonyl (C=O) groups excluding carboxylic acids is 1. The Hall–Kier alpha value is -1.58. The summed E-state index contributed by atoms with van der Waals surface area (Å²) >= 11 is 13.5. The van der Waals surface area contributed by atoms with Crippen LogP contribution in [0.3, 0.4) is 0 Å². The van der Waals surface area contributed by atoms with Crippen molar-refractivity contribution in [1.82, 2.24) is 14.6 Å². The third-order valence-corrected chi connectivity index (χ3v) is 9.29. The van der Waals surface area contributed by atoms with E-state index in [1.807, 2.05) is 0 Å². The Morgan fingerprint density at radius 2 is 1.95 bits per heavy atom. The van der Waals surface area contributed by atoms with Crippen LogP contribution in [0.15, 0.2) is 17.0 Å². The van der Waals surface area contributed by atoms with E-state index in [0.29, 0.717) is 6.54 Å². The molecule has 212 valence electrons. The Kier molecular flexibility index (Phi) is 9.68. The molecule has 1 atom stereocenters. The van der Waals surface area contributed by atoms with Crippen LogP contribution in [0, 0.1) is 0 Å². The summed E-state index contributed by atoms with van der Waals surface area (Å²) in [5, 5.41) is -0.948. The number of piperidine rings is 1. The van der Waals surface area contributed by atoms with Gasteiger partial charge in [0.05, 0.1) is 33.8 Å². The van der Waals surface area contributed by atoms with Crippen LogP contribution < -0.4 is 4.72 Å². The molecule has 1 aromatic heterocycles. The highest BCUT2D eigenvalue weighted by Crippen LogP contribution is 2.42. The molecule has 1 saturated heterocycles. The predicted molar refractivity (Wildman–Crippen MR) is 133 cm³/mol. The number of sulfonamides is 1. The summed E-state index contributed by atoms with van der Waals surface area (Å²) in [6, 6.07) is -0.143. The second-order valence-corrected chi connectivity index (χ2v) is 12.0. The van der Waals surface area contributed by atoms with Crippen molar-refractivity contribution in [2.24, 2.45) is 0 Å². The van der Waals surface area contributed by atoms with E-state index in [1.54, 1.807) is 11.6 Å². The topological polar surface area (TPSA) is 88.6 Å². The summed E-state index contributed by atoms with van der Waals surface area (Å²) in [7, 11) is -4.73. The van der Waals surface area contributed by atoms with E-state index in [4.69, 9.17) is 27.9 Å². The quantitative estimate of drug-likeness (QED) is 0.266. The van der Waals surface area contributed by atoms with Crippen molar-refractivity contribution in [1.29, 1.82) is 0 Å². The maximum atomic E-state index is 14.0. The molecule has 2 aromatic rings. The van der Waals surface area contributed by atoms with Crippen molar-refractivity contribution in [3.05, 3.63) is 32.9 Å². The molecule has 1 aromatic carbocycles. The maximum absolute atomic E-state index is 14.0. The number of ether oxygens (including phenoxy) is 1. The van der Waals surface area contributed by atoms with E-state index >= 15 is 0 Å². The van der Waals surface area contributed by atoms with Gasteiger partial charge in [-0.1, -0.05) is 36.2 Å². The molecule has 0 bridgehead atoms. The number of hydrogen-bond acceptors (Lipinski definition) is 7. The Morgan fingerprint density at radius 3 is 2.53 bits per heavy atom. The normalized spacial score (nSPS) is 17.4. The Morgan fingerprint density at radius 1 is 1.26 bits per heavy atom.